The first-order valence-electron chi connectivity index (χ1n) is 9.39. The van der Waals surface area contributed by atoms with E-state index in [1.54, 1.807) is 0 Å². The van der Waals surface area contributed by atoms with Crippen LogP contribution in [-0.2, 0) is 18.1 Å². The lowest BCUT2D eigenvalue weighted by atomic mass is 9.87. The Labute approximate surface area is 163 Å². The fraction of sp³-hybridized carbons (Fsp3) is 0.409. The molecule has 0 aliphatic rings. The third kappa shape index (κ3) is 4.16. The van der Waals surface area contributed by atoms with Crippen LogP contribution >= 0.6 is 0 Å². The van der Waals surface area contributed by atoms with E-state index in [-0.39, 0.29) is 11.5 Å². The maximum Gasteiger partial charge on any atom is 0.416 e. The predicted molar refractivity (Wildman–Crippen MR) is 108 cm³/mol. The molecule has 6 heteroatoms. The number of halogens is 3. The topological polar surface area (TPSA) is 29.9 Å². The molecule has 0 saturated heterocycles. The number of alkyl halides is 3. The molecule has 3 nitrogen and oxygen atoms in total. The van der Waals surface area contributed by atoms with Gasteiger partial charge in [-0.05, 0) is 48.6 Å². The van der Waals surface area contributed by atoms with Crippen molar-refractivity contribution in [1.29, 1.82) is 0 Å². The van der Waals surface area contributed by atoms with Crippen LogP contribution in [0.2, 0.25) is 0 Å². The van der Waals surface area contributed by atoms with Crippen molar-refractivity contribution in [2.24, 2.45) is 0 Å². The second-order valence-electron chi connectivity index (χ2n) is 8.40. The number of fused-ring (bicyclic) bond motifs is 1. The maximum atomic E-state index is 13.0. The Morgan fingerprint density at radius 3 is 2.11 bits per heavy atom. The summed E-state index contributed by atoms with van der Waals surface area (Å²) >= 11 is 0. The normalized spacial score (nSPS) is 12.8. The standard InChI is InChI=1S/C22H26F3N3/c1-14(2)28-19-11-10-17(22(23,24)25)12-18(19)27-20(28)26-13-15-6-8-16(9-7-15)21(3,4)5/h6-12,14H,13H2,1-5H3,(H,26,27). The molecule has 0 amide bonds. The average molecular weight is 389 g/mol. The van der Waals surface area contributed by atoms with E-state index in [0.717, 1.165) is 17.7 Å². The molecule has 3 aromatic rings. The summed E-state index contributed by atoms with van der Waals surface area (Å²) < 4.78 is 41.0. The highest BCUT2D eigenvalue weighted by molar-refractivity contribution is 5.80. The highest BCUT2D eigenvalue weighted by Gasteiger charge is 2.31. The van der Waals surface area contributed by atoms with Gasteiger partial charge in [0.15, 0.2) is 0 Å². The van der Waals surface area contributed by atoms with E-state index in [1.165, 1.54) is 11.6 Å². The smallest absolute Gasteiger partial charge is 0.352 e. The second-order valence-corrected chi connectivity index (χ2v) is 8.40. The first-order valence-corrected chi connectivity index (χ1v) is 9.39. The van der Waals surface area contributed by atoms with Crippen LogP contribution in [-0.4, -0.2) is 9.55 Å². The fourth-order valence-corrected chi connectivity index (χ4v) is 3.23. The number of benzene rings is 2. The predicted octanol–water partition coefficient (Wildman–Crippen LogP) is 6.55. The van der Waals surface area contributed by atoms with Crippen LogP contribution in [0.5, 0.6) is 0 Å². The van der Waals surface area contributed by atoms with Gasteiger partial charge in [-0.25, -0.2) is 4.98 Å². The van der Waals surface area contributed by atoms with Crippen LogP contribution in [0.3, 0.4) is 0 Å². The van der Waals surface area contributed by atoms with Crippen LogP contribution in [0, 0.1) is 0 Å². The van der Waals surface area contributed by atoms with Crippen LogP contribution in [0.25, 0.3) is 11.0 Å². The molecule has 0 atom stereocenters. The number of anilines is 1. The first kappa shape index (κ1) is 20.2. The number of aromatic nitrogens is 2. The van der Waals surface area contributed by atoms with Gasteiger partial charge in [-0.3, -0.25) is 0 Å². The van der Waals surface area contributed by atoms with E-state index in [4.69, 9.17) is 0 Å². The zero-order valence-corrected chi connectivity index (χ0v) is 16.9. The Kier molecular flexibility index (Phi) is 5.17. The SMILES string of the molecule is CC(C)n1c(NCc2ccc(C(C)(C)C)cc2)nc2cc(C(F)(F)F)ccc21. The molecule has 0 bridgehead atoms. The molecular formula is C22H26F3N3. The Morgan fingerprint density at radius 1 is 0.964 bits per heavy atom. The Hall–Kier alpha value is -2.50. The summed E-state index contributed by atoms with van der Waals surface area (Å²) in [5.74, 6) is 0.573. The van der Waals surface area contributed by atoms with Crippen molar-refractivity contribution >= 4 is 17.0 Å². The van der Waals surface area contributed by atoms with Gasteiger partial charge in [0.1, 0.15) is 0 Å². The molecule has 2 aromatic carbocycles. The molecular weight excluding hydrogens is 363 g/mol. The molecule has 28 heavy (non-hydrogen) atoms. The van der Waals surface area contributed by atoms with E-state index in [0.29, 0.717) is 23.5 Å². The van der Waals surface area contributed by atoms with Crippen LogP contribution in [0.15, 0.2) is 42.5 Å². The lowest BCUT2D eigenvalue weighted by Crippen LogP contribution is -2.12. The van der Waals surface area contributed by atoms with Crippen molar-refractivity contribution < 1.29 is 13.2 Å². The van der Waals surface area contributed by atoms with E-state index in [1.807, 2.05) is 18.4 Å². The molecule has 3 rings (SSSR count). The van der Waals surface area contributed by atoms with Gasteiger partial charge in [0.25, 0.3) is 0 Å². The van der Waals surface area contributed by atoms with Crippen molar-refractivity contribution in [2.45, 2.75) is 58.8 Å². The van der Waals surface area contributed by atoms with E-state index in [9.17, 15) is 13.2 Å². The van der Waals surface area contributed by atoms with Crippen LogP contribution in [0.4, 0.5) is 19.1 Å². The number of nitrogens with one attached hydrogen (secondary N) is 1. The van der Waals surface area contributed by atoms with Crippen LogP contribution < -0.4 is 5.32 Å². The number of rotatable bonds is 4. The Balaban J connectivity index is 1.88. The zero-order valence-electron chi connectivity index (χ0n) is 16.9. The van der Waals surface area contributed by atoms with Gasteiger partial charge in [0, 0.05) is 12.6 Å². The highest BCUT2D eigenvalue weighted by atomic mass is 19.4. The van der Waals surface area contributed by atoms with Crippen molar-refractivity contribution in [1.82, 2.24) is 9.55 Å². The Bertz CT molecular complexity index is 962. The molecule has 0 spiro atoms. The minimum Gasteiger partial charge on any atom is -0.352 e. The van der Waals surface area contributed by atoms with Crippen molar-refractivity contribution in [3.05, 3.63) is 59.2 Å². The minimum absolute atomic E-state index is 0.0625. The van der Waals surface area contributed by atoms with Crippen LogP contribution in [0.1, 0.15) is 57.4 Å². The maximum absolute atomic E-state index is 13.0. The number of nitrogens with zero attached hydrogens (tertiary/aromatic N) is 2. The third-order valence-corrected chi connectivity index (χ3v) is 4.80. The van der Waals surface area contributed by atoms with Gasteiger partial charge in [-0.2, -0.15) is 13.2 Å². The van der Waals surface area contributed by atoms with E-state index in [2.05, 4.69) is 55.3 Å². The molecule has 150 valence electrons. The lowest BCUT2D eigenvalue weighted by Gasteiger charge is -2.19. The van der Waals surface area contributed by atoms with Gasteiger partial charge in [0.2, 0.25) is 5.95 Å². The van der Waals surface area contributed by atoms with Gasteiger partial charge >= 0.3 is 6.18 Å². The lowest BCUT2D eigenvalue weighted by molar-refractivity contribution is -0.137. The first-order chi connectivity index (χ1) is 13.0. The van der Waals surface area contributed by atoms with Gasteiger partial charge in [-0.1, -0.05) is 45.0 Å². The number of imidazole rings is 1. The third-order valence-electron chi connectivity index (χ3n) is 4.80. The fourth-order valence-electron chi connectivity index (χ4n) is 3.23. The van der Waals surface area contributed by atoms with Gasteiger partial charge in [0.05, 0.1) is 16.6 Å². The van der Waals surface area contributed by atoms with Crippen molar-refractivity contribution in [3.8, 4) is 0 Å². The quantitative estimate of drug-likeness (QED) is 0.549. The second kappa shape index (κ2) is 7.15. The summed E-state index contributed by atoms with van der Waals surface area (Å²) in [6.07, 6.45) is -4.38. The zero-order chi connectivity index (χ0) is 20.7. The molecule has 0 aliphatic heterocycles. The minimum atomic E-state index is -4.38. The van der Waals surface area contributed by atoms with Crippen molar-refractivity contribution in [2.75, 3.05) is 5.32 Å². The monoisotopic (exact) mass is 389 g/mol. The summed E-state index contributed by atoms with van der Waals surface area (Å²) in [7, 11) is 0. The molecule has 0 saturated carbocycles. The average Bonchev–Trinajstić information content (AvgIpc) is 2.96. The summed E-state index contributed by atoms with van der Waals surface area (Å²) in [4.78, 5) is 4.43. The number of hydrogen-bond acceptors (Lipinski definition) is 2. The summed E-state index contributed by atoms with van der Waals surface area (Å²) in [5, 5.41) is 3.29. The molecule has 0 unspecified atom stereocenters. The molecule has 1 aromatic heterocycles. The van der Waals surface area contributed by atoms with Crippen molar-refractivity contribution in [3.63, 3.8) is 0 Å². The molecule has 1 N–H and O–H groups in total. The summed E-state index contributed by atoms with van der Waals surface area (Å²) in [5.41, 5.74) is 2.78. The molecule has 0 aliphatic carbocycles. The highest BCUT2D eigenvalue weighted by Crippen LogP contribution is 2.33. The van der Waals surface area contributed by atoms with E-state index < -0.39 is 11.7 Å². The van der Waals surface area contributed by atoms with Gasteiger partial charge < -0.3 is 9.88 Å². The van der Waals surface area contributed by atoms with E-state index >= 15 is 0 Å². The Morgan fingerprint density at radius 2 is 1.57 bits per heavy atom. The molecule has 0 fully saturated rings. The summed E-state index contributed by atoms with van der Waals surface area (Å²) in [6, 6.07) is 12.1. The van der Waals surface area contributed by atoms with Gasteiger partial charge in [-0.15, -0.1) is 0 Å². The molecule has 0 radical (unpaired) electrons. The summed E-state index contributed by atoms with van der Waals surface area (Å²) in [6.45, 7) is 11.0. The molecule has 1 heterocycles. The number of hydrogen-bond donors (Lipinski definition) is 1. The largest absolute Gasteiger partial charge is 0.416 e.